The molecule has 0 spiro atoms. The minimum Gasteiger partial charge on any atom is -0.380 e. The van der Waals surface area contributed by atoms with Crippen LogP contribution in [-0.4, -0.2) is 36.2 Å². The highest BCUT2D eigenvalue weighted by atomic mass is 32.2. The number of amidine groups is 1. The molecule has 0 aromatic carbocycles. The highest BCUT2D eigenvalue weighted by Crippen LogP contribution is 2.21. The van der Waals surface area contributed by atoms with Gasteiger partial charge in [0, 0.05) is 18.4 Å². The van der Waals surface area contributed by atoms with E-state index in [1.165, 1.54) is 0 Å². The summed E-state index contributed by atoms with van der Waals surface area (Å²) in [4.78, 5) is 4.62. The van der Waals surface area contributed by atoms with E-state index in [-0.39, 0.29) is 0 Å². The topological polar surface area (TPSA) is 33.6 Å². The van der Waals surface area contributed by atoms with Crippen molar-refractivity contribution in [3.63, 3.8) is 0 Å². The molecule has 0 bridgehead atoms. The summed E-state index contributed by atoms with van der Waals surface area (Å²) in [6, 6.07) is 0.782. The molecule has 1 aliphatic rings. The Morgan fingerprint density at radius 3 is 2.93 bits per heavy atom. The van der Waals surface area contributed by atoms with Gasteiger partial charge in [-0.2, -0.15) is 0 Å². The van der Waals surface area contributed by atoms with Gasteiger partial charge in [0.1, 0.15) is 0 Å². The molecule has 0 saturated heterocycles. The van der Waals surface area contributed by atoms with E-state index in [1.807, 2.05) is 18.7 Å². The van der Waals surface area contributed by atoms with Crippen molar-refractivity contribution >= 4 is 16.9 Å². The van der Waals surface area contributed by atoms with Gasteiger partial charge in [-0.05, 0) is 26.7 Å². The van der Waals surface area contributed by atoms with Crippen LogP contribution in [0.3, 0.4) is 0 Å². The van der Waals surface area contributed by atoms with Crippen LogP contribution >= 0.6 is 11.8 Å². The Labute approximate surface area is 97.1 Å². The summed E-state index contributed by atoms with van der Waals surface area (Å²) in [6.07, 6.45) is 0. The van der Waals surface area contributed by atoms with E-state index in [2.05, 4.69) is 31.1 Å². The quantitative estimate of drug-likeness (QED) is 0.803. The molecule has 1 heterocycles. The number of nitrogens with zero attached hydrogens (tertiary/aromatic N) is 1. The van der Waals surface area contributed by atoms with E-state index in [4.69, 9.17) is 4.74 Å². The third-order valence-electron chi connectivity index (χ3n) is 2.57. The summed E-state index contributed by atoms with van der Waals surface area (Å²) in [7, 11) is 0. The molecule has 0 fully saturated rings. The molecular weight excluding hydrogens is 208 g/mol. The number of hydrogen-bond acceptors (Lipinski definition) is 4. The second kappa shape index (κ2) is 6.38. The number of rotatable bonds is 4. The second-order valence-electron chi connectivity index (χ2n) is 4.17. The first-order valence-electron chi connectivity index (χ1n) is 5.68. The number of aliphatic imine (C=N–C) groups is 1. The second-order valence-corrected chi connectivity index (χ2v) is 5.18. The van der Waals surface area contributed by atoms with Gasteiger partial charge in [-0.25, -0.2) is 0 Å². The number of hydrogen-bond donors (Lipinski definition) is 1. The Bertz CT molecular complexity index is 221. The highest BCUT2D eigenvalue weighted by Gasteiger charge is 2.19. The van der Waals surface area contributed by atoms with Crippen LogP contribution in [0.4, 0.5) is 0 Å². The van der Waals surface area contributed by atoms with Crippen molar-refractivity contribution < 1.29 is 4.74 Å². The number of thioether (sulfide) groups is 1. The molecule has 3 atom stereocenters. The van der Waals surface area contributed by atoms with Gasteiger partial charge in [0.25, 0.3) is 0 Å². The molecule has 3 nitrogen and oxygen atoms in total. The Morgan fingerprint density at radius 2 is 2.33 bits per heavy atom. The van der Waals surface area contributed by atoms with Crippen molar-refractivity contribution in [2.75, 3.05) is 19.0 Å². The van der Waals surface area contributed by atoms with Crippen LogP contribution in [0, 0.1) is 5.92 Å². The Hall–Kier alpha value is -0.220. The van der Waals surface area contributed by atoms with Crippen molar-refractivity contribution in [2.45, 2.75) is 39.8 Å². The molecule has 0 aromatic rings. The Kier molecular flexibility index (Phi) is 5.47. The van der Waals surface area contributed by atoms with E-state index in [0.29, 0.717) is 18.0 Å². The van der Waals surface area contributed by atoms with Gasteiger partial charge < -0.3 is 10.1 Å². The lowest BCUT2D eigenvalue weighted by Gasteiger charge is -2.25. The maximum absolute atomic E-state index is 5.36. The summed E-state index contributed by atoms with van der Waals surface area (Å²) in [5, 5.41) is 4.47. The molecule has 0 aromatic heterocycles. The average molecular weight is 230 g/mol. The summed E-state index contributed by atoms with van der Waals surface area (Å²) in [6.45, 7) is 10.1. The van der Waals surface area contributed by atoms with E-state index >= 15 is 0 Å². The van der Waals surface area contributed by atoms with Crippen LogP contribution in [-0.2, 0) is 4.74 Å². The zero-order chi connectivity index (χ0) is 11.3. The summed E-state index contributed by atoms with van der Waals surface area (Å²) in [5.74, 6) is 1.84. The predicted octanol–water partition coefficient (Wildman–Crippen LogP) is 2.13. The maximum atomic E-state index is 5.36. The molecule has 1 aliphatic heterocycles. The fourth-order valence-corrected chi connectivity index (χ4v) is 2.55. The summed E-state index contributed by atoms with van der Waals surface area (Å²) >= 11 is 1.82. The summed E-state index contributed by atoms with van der Waals surface area (Å²) < 4.78 is 5.36. The normalized spacial score (nSPS) is 28.4. The lowest BCUT2D eigenvalue weighted by atomic mass is 10.1. The highest BCUT2D eigenvalue weighted by molar-refractivity contribution is 8.13. The molecular formula is C11H22N2OS. The smallest absolute Gasteiger partial charge is 0.157 e. The van der Waals surface area contributed by atoms with Gasteiger partial charge in [0.15, 0.2) is 5.17 Å². The van der Waals surface area contributed by atoms with Crippen LogP contribution in [0.1, 0.15) is 27.7 Å². The molecule has 4 heteroatoms. The van der Waals surface area contributed by atoms with Crippen molar-refractivity contribution in [3.8, 4) is 0 Å². The van der Waals surface area contributed by atoms with E-state index in [0.717, 1.165) is 24.1 Å². The summed E-state index contributed by atoms with van der Waals surface area (Å²) in [5.41, 5.74) is 0. The van der Waals surface area contributed by atoms with Gasteiger partial charge in [0.05, 0.1) is 12.6 Å². The van der Waals surface area contributed by atoms with E-state index in [1.54, 1.807) is 0 Å². The molecule has 0 amide bonds. The van der Waals surface area contributed by atoms with Crippen molar-refractivity contribution in [3.05, 3.63) is 0 Å². The van der Waals surface area contributed by atoms with Crippen LogP contribution in [0.15, 0.2) is 4.99 Å². The standard InChI is InChI=1S/C11H22N2OS/c1-5-14-6-9(3)12-11-13-10(4)8(2)7-15-11/h8-10H,5-7H2,1-4H3,(H,12,13). The maximum Gasteiger partial charge on any atom is 0.157 e. The van der Waals surface area contributed by atoms with Crippen LogP contribution in [0.2, 0.25) is 0 Å². The van der Waals surface area contributed by atoms with Gasteiger partial charge >= 0.3 is 0 Å². The molecule has 88 valence electrons. The van der Waals surface area contributed by atoms with Crippen LogP contribution in [0.25, 0.3) is 0 Å². The first kappa shape index (κ1) is 12.8. The Balaban J connectivity index is 2.35. The first-order valence-corrected chi connectivity index (χ1v) is 6.67. The van der Waals surface area contributed by atoms with Crippen LogP contribution in [0.5, 0.6) is 0 Å². The lowest BCUT2D eigenvalue weighted by molar-refractivity contribution is 0.132. The number of nitrogens with one attached hydrogen (secondary N) is 1. The largest absolute Gasteiger partial charge is 0.380 e. The van der Waals surface area contributed by atoms with E-state index < -0.39 is 0 Å². The zero-order valence-electron chi connectivity index (χ0n) is 10.1. The molecule has 0 saturated carbocycles. The van der Waals surface area contributed by atoms with Crippen molar-refractivity contribution in [1.29, 1.82) is 0 Å². The molecule has 3 unspecified atom stereocenters. The SMILES string of the molecule is CCOCC(C)NC1=NC(C)C(C)CS1. The Morgan fingerprint density at radius 1 is 1.60 bits per heavy atom. The predicted molar refractivity (Wildman–Crippen MR) is 67.6 cm³/mol. The first-order chi connectivity index (χ1) is 7.13. The monoisotopic (exact) mass is 230 g/mol. The van der Waals surface area contributed by atoms with Crippen LogP contribution < -0.4 is 5.32 Å². The van der Waals surface area contributed by atoms with Gasteiger partial charge in [0.2, 0.25) is 0 Å². The minimum atomic E-state index is 0.344. The van der Waals surface area contributed by atoms with Gasteiger partial charge in [-0.1, -0.05) is 18.7 Å². The van der Waals surface area contributed by atoms with E-state index in [9.17, 15) is 0 Å². The zero-order valence-corrected chi connectivity index (χ0v) is 10.9. The minimum absolute atomic E-state index is 0.344. The molecule has 0 aliphatic carbocycles. The average Bonchev–Trinajstić information content (AvgIpc) is 2.20. The molecule has 1 N–H and O–H groups in total. The van der Waals surface area contributed by atoms with Gasteiger partial charge in [-0.15, -0.1) is 0 Å². The number of ether oxygens (including phenoxy) is 1. The lowest BCUT2D eigenvalue weighted by Crippen LogP contribution is -2.37. The molecule has 0 radical (unpaired) electrons. The van der Waals surface area contributed by atoms with Gasteiger partial charge in [-0.3, -0.25) is 4.99 Å². The van der Waals surface area contributed by atoms with Crippen molar-refractivity contribution in [2.24, 2.45) is 10.9 Å². The third kappa shape index (κ3) is 4.43. The fourth-order valence-electron chi connectivity index (χ4n) is 1.33. The fraction of sp³-hybridized carbons (Fsp3) is 0.909. The molecule has 1 rings (SSSR count). The molecule has 15 heavy (non-hydrogen) atoms. The third-order valence-corrected chi connectivity index (χ3v) is 3.76. The van der Waals surface area contributed by atoms with Crippen molar-refractivity contribution in [1.82, 2.24) is 5.32 Å².